The Morgan fingerprint density at radius 2 is 1.90 bits per heavy atom. The van der Waals surface area contributed by atoms with Crippen molar-refractivity contribution in [3.05, 3.63) is 58.1 Å². The molecule has 6 nitrogen and oxygen atoms in total. The van der Waals surface area contributed by atoms with Gasteiger partial charge in [-0.3, -0.25) is 9.69 Å². The quantitative estimate of drug-likeness (QED) is 0.504. The fourth-order valence-corrected chi connectivity index (χ4v) is 3.65. The number of carbonyl (C=O) groups excluding carboxylic acids is 1. The minimum absolute atomic E-state index is 0.00826. The number of amides is 1. The summed E-state index contributed by atoms with van der Waals surface area (Å²) in [4.78, 5) is 14.8. The molecule has 0 aromatic heterocycles. The summed E-state index contributed by atoms with van der Waals surface area (Å²) < 4.78 is 11.6. The summed E-state index contributed by atoms with van der Waals surface area (Å²) >= 11 is 3.46. The van der Waals surface area contributed by atoms with Crippen LogP contribution in [0.2, 0.25) is 0 Å². The van der Waals surface area contributed by atoms with E-state index in [1.807, 2.05) is 12.1 Å². The van der Waals surface area contributed by atoms with E-state index in [-0.39, 0.29) is 11.8 Å². The van der Waals surface area contributed by atoms with Crippen LogP contribution in [0.15, 0.2) is 52.0 Å². The zero-order chi connectivity index (χ0) is 20.6. The van der Waals surface area contributed by atoms with Crippen LogP contribution in [0, 0.1) is 5.92 Å². The molecule has 3 rings (SSSR count). The van der Waals surface area contributed by atoms with Crippen LogP contribution in [-0.4, -0.2) is 44.3 Å². The first kappa shape index (κ1) is 21.3. The number of nitrogens with zero attached hydrogens (tertiary/aromatic N) is 2. The molecule has 0 aliphatic carbocycles. The number of hydrogen-bond donors (Lipinski definition) is 1. The normalized spacial score (nSPS) is 15.4. The first-order valence-corrected chi connectivity index (χ1v) is 10.4. The Labute approximate surface area is 180 Å². The van der Waals surface area contributed by atoms with E-state index >= 15 is 0 Å². The number of hydrogen-bond acceptors (Lipinski definition) is 5. The summed E-state index contributed by atoms with van der Waals surface area (Å²) in [6, 6.07) is 13.8. The third-order valence-electron chi connectivity index (χ3n) is 5.10. The van der Waals surface area contributed by atoms with Gasteiger partial charge in [-0.1, -0.05) is 28.1 Å². The van der Waals surface area contributed by atoms with Crippen LogP contribution in [0.3, 0.4) is 0 Å². The standard InChI is InChI=1S/C22H26BrN3O3/c1-28-20-8-5-18(21(13-20)29-2)14-24-25-22(27)17-9-11-26(12-10-17)15-16-3-6-19(23)7-4-16/h3-8,13-14,17H,9-12,15H2,1-2H3,(H,25,27). The highest BCUT2D eigenvalue weighted by molar-refractivity contribution is 9.10. The molecule has 0 radical (unpaired) electrons. The van der Waals surface area contributed by atoms with E-state index in [1.165, 1.54) is 5.56 Å². The highest BCUT2D eigenvalue weighted by Gasteiger charge is 2.24. The number of halogens is 1. The number of nitrogens with one attached hydrogen (secondary N) is 1. The van der Waals surface area contributed by atoms with E-state index in [0.717, 1.165) is 42.5 Å². The van der Waals surface area contributed by atoms with E-state index in [4.69, 9.17) is 9.47 Å². The van der Waals surface area contributed by atoms with Crippen LogP contribution >= 0.6 is 15.9 Å². The minimum Gasteiger partial charge on any atom is -0.497 e. The number of hydrazone groups is 1. The Bertz CT molecular complexity index is 847. The van der Waals surface area contributed by atoms with Gasteiger partial charge in [-0.25, -0.2) is 5.43 Å². The molecule has 1 amide bonds. The van der Waals surface area contributed by atoms with Crippen molar-refractivity contribution in [3.63, 3.8) is 0 Å². The third kappa shape index (κ3) is 6.05. The third-order valence-corrected chi connectivity index (χ3v) is 5.63. The molecule has 1 N–H and O–H groups in total. The molecule has 1 fully saturated rings. The minimum atomic E-state index is -0.0305. The highest BCUT2D eigenvalue weighted by atomic mass is 79.9. The predicted octanol–water partition coefficient (Wildman–Crippen LogP) is 3.83. The Hall–Kier alpha value is -2.38. The number of carbonyl (C=O) groups is 1. The molecule has 1 aliphatic heterocycles. The summed E-state index contributed by atoms with van der Waals surface area (Å²) in [5, 5.41) is 4.11. The van der Waals surface area contributed by atoms with Gasteiger partial charge in [0.15, 0.2) is 0 Å². The van der Waals surface area contributed by atoms with Crippen molar-refractivity contribution in [2.75, 3.05) is 27.3 Å². The van der Waals surface area contributed by atoms with E-state index in [0.29, 0.717) is 11.5 Å². The van der Waals surface area contributed by atoms with E-state index in [9.17, 15) is 4.79 Å². The lowest BCUT2D eigenvalue weighted by molar-refractivity contribution is -0.126. The lowest BCUT2D eigenvalue weighted by atomic mass is 9.96. The Morgan fingerprint density at radius 1 is 1.17 bits per heavy atom. The maximum Gasteiger partial charge on any atom is 0.243 e. The smallest absolute Gasteiger partial charge is 0.243 e. The molecule has 2 aromatic rings. The number of ether oxygens (including phenoxy) is 2. The van der Waals surface area contributed by atoms with Crippen molar-refractivity contribution in [1.29, 1.82) is 0 Å². The molecule has 1 heterocycles. The first-order valence-electron chi connectivity index (χ1n) is 9.61. The second-order valence-corrected chi connectivity index (χ2v) is 7.93. The highest BCUT2D eigenvalue weighted by Crippen LogP contribution is 2.23. The van der Waals surface area contributed by atoms with Crippen LogP contribution < -0.4 is 14.9 Å². The summed E-state index contributed by atoms with van der Waals surface area (Å²) in [7, 11) is 3.19. The molecule has 0 saturated carbocycles. The average molecular weight is 460 g/mol. The molecule has 154 valence electrons. The summed E-state index contributed by atoms with van der Waals surface area (Å²) in [6.07, 6.45) is 3.27. The molecule has 2 aromatic carbocycles. The lowest BCUT2D eigenvalue weighted by Gasteiger charge is -2.30. The van der Waals surface area contributed by atoms with E-state index in [2.05, 4.69) is 55.6 Å². The largest absolute Gasteiger partial charge is 0.497 e. The Morgan fingerprint density at radius 3 is 2.55 bits per heavy atom. The van der Waals surface area contributed by atoms with Crippen LogP contribution in [0.25, 0.3) is 0 Å². The Kier molecular flexibility index (Phi) is 7.66. The SMILES string of the molecule is COc1ccc(C=NNC(=O)C2CCN(Cc3ccc(Br)cc3)CC2)c(OC)c1. The van der Waals surface area contributed by atoms with Gasteiger partial charge in [0.05, 0.1) is 20.4 Å². The topological polar surface area (TPSA) is 63.2 Å². The second-order valence-electron chi connectivity index (χ2n) is 7.02. The van der Waals surface area contributed by atoms with Crippen molar-refractivity contribution in [2.45, 2.75) is 19.4 Å². The van der Waals surface area contributed by atoms with E-state index < -0.39 is 0 Å². The molecule has 29 heavy (non-hydrogen) atoms. The maximum atomic E-state index is 12.4. The van der Waals surface area contributed by atoms with Crippen molar-refractivity contribution < 1.29 is 14.3 Å². The molecule has 7 heteroatoms. The molecule has 0 bridgehead atoms. The lowest BCUT2D eigenvalue weighted by Crippen LogP contribution is -2.39. The van der Waals surface area contributed by atoms with Gasteiger partial charge in [0.25, 0.3) is 0 Å². The van der Waals surface area contributed by atoms with Gasteiger partial charge >= 0.3 is 0 Å². The van der Waals surface area contributed by atoms with Crippen molar-refractivity contribution in [1.82, 2.24) is 10.3 Å². The van der Waals surface area contributed by atoms with Crippen LogP contribution in [0.5, 0.6) is 11.5 Å². The molecule has 0 unspecified atom stereocenters. The molecule has 1 saturated heterocycles. The maximum absolute atomic E-state index is 12.4. The van der Waals surface area contributed by atoms with Crippen molar-refractivity contribution in [2.24, 2.45) is 11.0 Å². The molecular formula is C22H26BrN3O3. The zero-order valence-corrected chi connectivity index (χ0v) is 18.3. The van der Waals surface area contributed by atoms with E-state index in [1.54, 1.807) is 26.5 Å². The van der Waals surface area contributed by atoms with Gasteiger partial charge in [0.1, 0.15) is 11.5 Å². The van der Waals surface area contributed by atoms with Crippen LogP contribution in [0.4, 0.5) is 0 Å². The monoisotopic (exact) mass is 459 g/mol. The summed E-state index contributed by atoms with van der Waals surface area (Å²) in [6.45, 7) is 2.73. The zero-order valence-electron chi connectivity index (χ0n) is 16.7. The van der Waals surface area contributed by atoms with Crippen molar-refractivity contribution >= 4 is 28.1 Å². The number of benzene rings is 2. The fourth-order valence-electron chi connectivity index (χ4n) is 3.38. The van der Waals surface area contributed by atoms with Gasteiger partial charge in [0.2, 0.25) is 5.91 Å². The average Bonchev–Trinajstić information content (AvgIpc) is 2.76. The van der Waals surface area contributed by atoms with Gasteiger partial charge in [-0.15, -0.1) is 0 Å². The first-order chi connectivity index (χ1) is 14.1. The van der Waals surface area contributed by atoms with Gasteiger partial charge in [-0.05, 0) is 55.8 Å². The summed E-state index contributed by atoms with van der Waals surface area (Å²) in [5.41, 5.74) is 4.73. The van der Waals surface area contributed by atoms with Crippen molar-refractivity contribution in [3.8, 4) is 11.5 Å². The number of rotatable bonds is 7. The number of likely N-dealkylation sites (tertiary alicyclic amines) is 1. The Balaban J connectivity index is 1.47. The molecule has 1 aliphatic rings. The summed E-state index contributed by atoms with van der Waals surface area (Å²) in [5.74, 6) is 1.31. The molecule has 0 atom stereocenters. The number of piperidine rings is 1. The van der Waals surface area contributed by atoms with Crippen LogP contribution in [-0.2, 0) is 11.3 Å². The molecular weight excluding hydrogens is 434 g/mol. The van der Waals surface area contributed by atoms with Gasteiger partial charge in [-0.2, -0.15) is 5.10 Å². The van der Waals surface area contributed by atoms with Gasteiger partial charge < -0.3 is 9.47 Å². The number of methoxy groups -OCH3 is 2. The fraction of sp³-hybridized carbons (Fsp3) is 0.364. The van der Waals surface area contributed by atoms with Gasteiger partial charge in [0, 0.05) is 28.6 Å². The molecule has 0 spiro atoms. The predicted molar refractivity (Wildman–Crippen MR) is 117 cm³/mol. The second kappa shape index (κ2) is 10.4. The van der Waals surface area contributed by atoms with Crippen LogP contribution in [0.1, 0.15) is 24.0 Å².